The molecule has 2 aromatic heterocycles. The SMILES string of the molecule is O=C(c1ccc2cccnc2c1)c1cc2ccccc2o1. The molecule has 0 spiro atoms. The molecule has 0 radical (unpaired) electrons. The minimum absolute atomic E-state index is 0.126. The van der Waals surface area contributed by atoms with Crippen molar-refractivity contribution in [2.45, 2.75) is 0 Å². The Hall–Kier alpha value is -2.94. The van der Waals surface area contributed by atoms with Gasteiger partial charge in [-0.3, -0.25) is 9.78 Å². The second-order valence-corrected chi connectivity index (χ2v) is 4.89. The molecule has 0 aliphatic heterocycles. The Kier molecular flexibility index (Phi) is 2.57. The first-order valence-corrected chi connectivity index (χ1v) is 6.69. The first-order chi connectivity index (χ1) is 10.3. The van der Waals surface area contributed by atoms with Crippen molar-refractivity contribution in [2.24, 2.45) is 0 Å². The predicted octanol–water partition coefficient (Wildman–Crippen LogP) is 4.21. The molecule has 0 amide bonds. The number of hydrogen-bond acceptors (Lipinski definition) is 3. The van der Waals surface area contributed by atoms with Gasteiger partial charge in [0.2, 0.25) is 5.78 Å². The summed E-state index contributed by atoms with van der Waals surface area (Å²) in [6, 6.07) is 18.7. The first kappa shape index (κ1) is 11.9. The fourth-order valence-corrected chi connectivity index (χ4v) is 2.44. The minimum atomic E-state index is -0.126. The van der Waals surface area contributed by atoms with Crippen LogP contribution in [-0.4, -0.2) is 10.8 Å². The third kappa shape index (κ3) is 1.99. The van der Waals surface area contributed by atoms with E-state index in [1.165, 1.54) is 0 Å². The topological polar surface area (TPSA) is 43.1 Å². The van der Waals surface area contributed by atoms with Gasteiger partial charge in [0.25, 0.3) is 0 Å². The molecule has 0 aliphatic rings. The molecule has 2 aromatic carbocycles. The number of carbonyl (C=O) groups is 1. The van der Waals surface area contributed by atoms with Crippen LogP contribution in [0.4, 0.5) is 0 Å². The van der Waals surface area contributed by atoms with E-state index in [4.69, 9.17) is 4.42 Å². The maximum absolute atomic E-state index is 12.5. The largest absolute Gasteiger partial charge is 0.453 e. The second-order valence-electron chi connectivity index (χ2n) is 4.89. The molecule has 4 aromatic rings. The van der Waals surface area contributed by atoms with Crippen LogP contribution in [0.1, 0.15) is 16.1 Å². The number of nitrogens with zero attached hydrogens (tertiary/aromatic N) is 1. The number of ketones is 1. The molecule has 2 heterocycles. The van der Waals surface area contributed by atoms with Gasteiger partial charge < -0.3 is 4.42 Å². The number of para-hydroxylation sites is 1. The Labute approximate surface area is 120 Å². The molecular formula is C18H11NO2. The number of fused-ring (bicyclic) bond motifs is 2. The Balaban J connectivity index is 1.81. The molecule has 3 nitrogen and oxygen atoms in total. The Morgan fingerprint density at radius 2 is 1.76 bits per heavy atom. The van der Waals surface area contributed by atoms with Crippen molar-refractivity contribution in [2.75, 3.05) is 0 Å². The van der Waals surface area contributed by atoms with Crippen LogP contribution >= 0.6 is 0 Å². The van der Waals surface area contributed by atoms with Crippen molar-refractivity contribution in [3.05, 3.63) is 78.2 Å². The Morgan fingerprint density at radius 3 is 2.67 bits per heavy atom. The van der Waals surface area contributed by atoms with E-state index in [1.807, 2.05) is 42.5 Å². The summed E-state index contributed by atoms with van der Waals surface area (Å²) < 4.78 is 5.63. The predicted molar refractivity (Wildman–Crippen MR) is 81.4 cm³/mol. The number of pyridine rings is 1. The van der Waals surface area contributed by atoms with Gasteiger partial charge in [-0.15, -0.1) is 0 Å². The summed E-state index contributed by atoms with van der Waals surface area (Å²) in [4.78, 5) is 16.8. The van der Waals surface area contributed by atoms with Gasteiger partial charge in [0.1, 0.15) is 5.58 Å². The molecule has 0 saturated heterocycles. The van der Waals surface area contributed by atoms with Gasteiger partial charge in [0.15, 0.2) is 5.76 Å². The molecular weight excluding hydrogens is 262 g/mol. The van der Waals surface area contributed by atoms with Crippen molar-refractivity contribution >= 4 is 27.7 Å². The number of benzene rings is 2. The van der Waals surface area contributed by atoms with E-state index in [0.29, 0.717) is 11.3 Å². The number of hydrogen-bond donors (Lipinski definition) is 0. The molecule has 3 heteroatoms. The highest BCUT2D eigenvalue weighted by Crippen LogP contribution is 2.22. The fourth-order valence-electron chi connectivity index (χ4n) is 2.44. The van der Waals surface area contributed by atoms with Gasteiger partial charge in [-0.05, 0) is 24.3 Å². The van der Waals surface area contributed by atoms with E-state index in [1.54, 1.807) is 24.4 Å². The number of rotatable bonds is 2. The fraction of sp³-hybridized carbons (Fsp3) is 0. The Morgan fingerprint density at radius 1 is 0.905 bits per heavy atom. The summed E-state index contributed by atoms with van der Waals surface area (Å²) in [6.45, 7) is 0. The van der Waals surface area contributed by atoms with E-state index in [9.17, 15) is 4.79 Å². The van der Waals surface area contributed by atoms with Gasteiger partial charge in [-0.1, -0.05) is 36.4 Å². The van der Waals surface area contributed by atoms with E-state index < -0.39 is 0 Å². The minimum Gasteiger partial charge on any atom is -0.453 e. The lowest BCUT2D eigenvalue weighted by Crippen LogP contribution is -1.99. The van der Waals surface area contributed by atoms with E-state index in [2.05, 4.69) is 4.98 Å². The summed E-state index contributed by atoms with van der Waals surface area (Å²) in [5, 5.41) is 1.94. The van der Waals surface area contributed by atoms with Crippen LogP contribution in [0.25, 0.3) is 21.9 Å². The monoisotopic (exact) mass is 273 g/mol. The van der Waals surface area contributed by atoms with Crippen LogP contribution in [0.5, 0.6) is 0 Å². The maximum atomic E-state index is 12.5. The van der Waals surface area contributed by atoms with E-state index in [-0.39, 0.29) is 5.78 Å². The van der Waals surface area contributed by atoms with Crippen LogP contribution in [0.3, 0.4) is 0 Å². The third-order valence-electron chi connectivity index (χ3n) is 3.52. The highest BCUT2D eigenvalue weighted by molar-refractivity contribution is 6.10. The third-order valence-corrected chi connectivity index (χ3v) is 3.52. The average molecular weight is 273 g/mol. The molecule has 0 saturated carbocycles. The lowest BCUT2D eigenvalue weighted by atomic mass is 10.1. The lowest BCUT2D eigenvalue weighted by molar-refractivity contribution is 0.101. The summed E-state index contributed by atoms with van der Waals surface area (Å²) in [5.74, 6) is 0.227. The van der Waals surface area contributed by atoms with Crippen LogP contribution in [-0.2, 0) is 0 Å². The summed E-state index contributed by atoms with van der Waals surface area (Å²) in [6.07, 6.45) is 1.72. The molecule has 4 rings (SSSR count). The van der Waals surface area contributed by atoms with E-state index >= 15 is 0 Å². The zero-order chi connectivity index (χ0) is 14.2. The number of aromatic nitrogens is 1. The van der Waals surface area contributed by atoms with Gasteiger partial charge in [0, 0.05) is 22.5 Å². The first-order valence-electron chi connectivity index (χ1n) is 6.69. The van der Waals surface area contributed by atoms with Crippen LogP contribution in [0.15, 0.2) is 71.3 Å². The standard InChI is InChI=1S/C18H11NO2/c20-18(17-11-13-4-1-2-6-16(13)21-17)14-8-7-12-5-3-9-19-15(12)10-14/h1-11H. The zero-order valence-corrected chi connectivity index (χ0v) is 11.1. The van der Waals surface area contributed by atoms with Crippen LogP contribution < -0.4 is 0 Å². The highest BCUT2D eigenvalue weighted by atomic mass is 16.3. The number of carbonyl (C=O) groups excluding carboxylic acids is 1. The van der Waals surface area contributed by atoms with Crippen LogP contribution in [0, 0.1) is 0 Å². The second kappa shape index (κ2) is 4.56. The lowest BCUT2D eigenvalue weighted by Gasteiger charge is -2.00. The molecule has 100 valence electrons. The molecule has 0 N–H and O–H groups in total. The molecule has 0 fully saturated rings. The summed E-state index contributed by atoms with van der Waals surface area (Å²) >= 11 is 0. The maximum Gasteiger partial charge on any atom is 0.228 e. The van der Waals surface area contributed by atoms with Crippen molar-refractivity contribution in [3.63, 3.8) is 0 Å². The number of furan rings is 1. The average Bonchev–Trinajstić information content (AvgIpc) is 2.97. The van der Waals surface area contributed by atoms with Crippen molar-refractivity contribution in [1.82, 2.24) is 4.98 Å². The zero-order valence-electron chi connectivity index (χ0n) is 11.1. The normalized spacial score (nSPS) is 11.0. The molecule has 21 heavy (non-hydrogen) atoms. The smallest absolute Gasteiger partial charge is 0.228 e. The molecule has 0 unspecified atom stereocenters. The molecule has 0 aliphatic carbocycles. The van der Waals surface area contributed by atoms with Gasteiger partial charge in [-0.25, -0.2) is 0 Å². The van der Waals surface area contributed by atoms with Gasteiger partial charge in [0.05, 0.1) is 5.52 Å². The van der Waals surface area contributed by atoms with E-state index in [0.717, 1.165) is 21.9 Å². The highest BCUT2D eigenvalue weighted by Gasteiger charge is 2.14. The van der Waals surface area contributed by atoms with Gasteiger partial charge >= 0.3 is 0 Å². The molecule has 0 bridgehead atoms. The van der Waals surface area contributed by atoms with Crippen molar-refractivity contribution < 1.29 is 9.21 Å². The van der Waals surface area contributed by atoms with Crippen molar-refractivity contribution in [1.29, 1.82) is 0 Å². The Bertz CT molecular complexity index is 936. The summed E-state index contributed by atoms with van der Waals surface area (Å²) in [7, 11) is 0. The van der Waals surface area contributed by atoms with Crippen molar-refractivity contribution in [3.8, 4) is 0 Å². The van der Waals surface area contributed by atoms with Crippen LogP contribution in [0.2, 0.25) is 0 Å². The summed E-state index contributed by atoms with van der Waals surface area (Å²) in [5.41, 5.74) is 2.11. The quantitative estimate of drug-likeness (QED) is 0.514. The molecule has 0 atom stereocenters. The van der Waals surface area contributed by atoms with Gasteiger partial charge in [-0.2, -0.15) is 0 Å².